The van der Waals surface area contributed by atoms with Crippen LogP contribution in [0.3, 0.4) is 0 Å². The molecule has 0 atom stereocenters. The van der Waals surface area contributed by atoms with Crippen LogP contribution in [-0.4, -0.2) is 29.9 Å². The lowest BCUT2D eigenvalue weighted by Gasteiger charge is -2.16. The predicted octanol–water partition coefficient (Wildman–Crippen LogP) is 4.22. The highest BCUT2D eigenvalue weighted by molar-refractivity contribution is 6.44. The first kappa shape index (κ1) is 20.2. The minimum absolute atomic E-state index is 0.161. The molecule has 0 fully saturated rings. The number of amides is 2. The second-order valence-corrected chi connectivity index (χ2v) is 6.09. The van der Waals surface area contributed by atoms with E-state index in [1.807, 2.05) is 6.92 Å². The summed E-state index contributed by atoms with van der Waals surface area (Å²) in [7, 11) is 0. The van der Waals surface area contributed by atoms with Crippen molar-refractivity contribution in [3.63, 3.8) is 0 Å². The number of anilines is 1. The lowest BCUT2D eigenvalue weighted by atomic mass is 10.1. The minimum Gasteiger partial charge on any atom is -0.502 e. The third-order valence-corrected chi connectivity index (χ3v) is 3.98. The fourth-order valence-electron chi connectivity index (χ4n) is 2.77. The molecule has 0 aromatic heterocycles. The number of halogens is 3. The van der Waals surface area contributed by atoms with Gasteiger partial charge in [0.05, 0.1) is 17.9 Å². The van der Waals surface area contributed by atoms with Crippen molar-refractivity contribution in [2.24, 2.45) is 0 Å². The van der Waals surface area contributed by atoms with E-state index in [9.17, 15) is 27.9 Å². The number of imide groups is 1. The van der Waals surface area contributed by atoms with E-state index in [2.05, 4.69) is 4.74 Å². The van der Waals surface area contributed by atoms with E-state index in [-0.39, 0.29) is 16.8 Å². The van der Waals surface area contributed by atoms with Crippen LogP contribution in [0.25, 0.3) is 5.57 Å². The Morgan fingerprint density at radius 1 is 1.00 bits per heavy atom. The summed E-state index contributed by atoms with van der Waals surface area (Å²) in [5.41, 5.74) is -0.139. The Morgan fingerprint density at radius 3 is 2.31 bits per heavy atom. The van der Waals surface area contributed by atoms with Crippen LogP contribution in [0.5, 0.6) is 11.5 Å². The number of ether oxygens (including phenoxy) is 2. The lowest BCUT2D eigenvalue weighted by molar-refractivity contribution is -0.274. The van der Waals surface area contributed by atoms with Crippen LogP contribution in [0.1, 0.15) is 18.9 Å². The molecule has 29 heavy (non-hydrogen) atoms. The molecule has 152 valence electrons. The summed E-state index contributed by atoms with van der Waals surface area (Å²) in [6, 6.07) is 10.6. The molecular formula is C20H16F3NO5. The number of aliphatic hydroxyl groups is 1. The lowest BCUT2D eigenvalue weighted by Crippen LogP contribution is -2.31. The van der Waals surface area contributed by atoms with Crippen molar-refractivity contribution in [1.29, 1.82) is 0 Å². The highest BCUT2D eigenvalue weighted by atomic mass is 19.4. The first-order valence-corrected chi connectivity index (χ1v) is 8.62. The maximum absolute atomic E-state index is 12.8. The van der Waals surface area contributed by atoms with Crippen molar-refractivity contribution in [2.45, 2.75) is 19.7 Å². The van der Waals surface area contributed by atoms with Gasteiger partial charge in [0, 0.05) is 6.07 Å². The van der Waals surface area contributed by atoms with E-state index in [4.69, 9.17) is 4.74 Å². The summed E-state index contributed by atoms with van der Waals surface area (Å²) in [6.45, 7) is 2.46. The third kappa shape index (κ3) is 4.34. The van der Waals surface area contributed by atoms with Crippen molar-refractivity contribution in [3.8, 4) is 11.5 Å². The largest absolute Gasteiger partial charge is 0.573 e. The smallest absolute Gasteiger partial charge is 0.502 e. The standard InChI is InChI=1S/C20H16F3NO5/c1-2-10-28-14-8-6-12(7-9-14)16-17(25)19(27)24(18(16)26)13-4-3-5-15(11-13)29-20(21,22)23/h3-9,11,25H,2,10H2,1H3. The summed E-state index contributed by atoms with van der Waals surface area (Å²) in [5, 5.41) is 10.2. The molecule has 1 heterocycles. The molecule has 6 nitrogen and oxygen atoms in total. The molecule has 0 spiro atoms. The second kappa shape index (κ2) is 7.86. The number of carbonyl (C=O) groups excluding carboxylic acids is 2. The maximum Gasteiger partial charge on any atom is 0.573 e. The van der Waals surface area contributed by atoms with Gasteiger partial charge in [-0.2, -0.15) is 0 Å². The van der Waals surface area contributed by atoms with E-state index in [1.165, 1.54) is 24.3 Å². The van der Waals surface area contributed by atoms with Gasteiger partial charge in [0.25, 0.3) is 5.91 Å². The number of hydrogen-bond acceptors (Lipinski definition) is 5. The van der Waals surface area contributed by atoms with Gasteiger partial charge in [-0.05, 0) is 36.2 Å². The van der Waals surface area contributed by atoms with E-state index >= 15 is 0 Å². The summed E-state index contributed by atoms with van der Waals surface area (Å²) in [5.74, 6) is -2.74. The van der Waals surface area contributed by atoms with Crippen molar-refractivity contribution in [3.05, 3.63) is 59.9 Å². The van der Waals surface area contributed by atoms with Crippen molar-refractivity contribution in [2.75, 3.05) is 11.5 Å². The minimum atomic E-state index is -4.93. The maximum atomic E-state index is 12.8. The molecule has 2 aromatic rings. The van der Waals surface area contributed by atoms with Crippen LogP contribution >= 0.6 is 0 Å². The van der Waals surface area contributed by atoms with Crippen LogP contribution in [0, 0.1) is 0 Å². The van der Waals surface area contributed by atoms with Gasteiger partial charge in [0.2, 0.25) is 0 Å². The molecule has 3 rings (SSSR count). The summed E-state index contributed by atoms with van der Waals surface area (Å²) >= 11 is 0. The van der Waals surface area contributed by atoms with Crippen LogP contribution < -0.4 is 14.4 Å². The van der Waals surface area contributed by atoms with Crippen molar-refractivity contribution in [1.82, 2.24) is 0 Å². The van der Waals surface area contributed by atoms with E-state index in [1.54, 1.807) is 12.1 Å². The van der Waals surface area contributed by atoms with Gasteiger partial charge in [-0.25, -0.2) is 4.90 Å². The van der Waals surface area contributed by atoms with Crippen LogP contribution in [0.2, 0.25) is 0 Å². The molecular weight excluding hydrogens is 391 g/mol. The Bertz CT molecular complexity index is 967. The normalized spacial score (nSPS) is 14.6. The summed E-state index contributed by atoms with van der Waals surface area (Å²) in [6.07, 6.45) is -4.11. The Labute approximate surface area is 163 Å². The van der Waals surface area contributed by atoms with Gasteiger partial charge in [0.1, 0.15) is 11.5 Å². The SMILES string of the molecule is CCCOc1ccc(C2=C(O)C(=O)N(c3cccc(OC(F)(F)F)c3)C2=O)cc1. The summed E-state index contributed by atoms with van der Waals surface area (Å²) < 4.78 is 46.6. The number of benzene rings is 2. The fraction of sp³-hybridized carbons (Fsp3) is 0.200. The summed E-state index contributed by atoms with van der Waals surface area (Å²) in [4.78, 5) is 25.8. The van der Waals surface area contributed by atoms with Gasteiger partial charge in [0.15, 0.2) is 5.76 Å². The molecule has 0 bridgehead atoms. The quantitative estimate of drug-likeness (QED) is 0.726. The van der Waals surface area contributed by atoms with Crippen LogP contribution in [0.4, 0.5) is 18.9 Å². The van der Waals surface area contributed by atoms with Crippen molar-refractivity contribution >= 4 is 23.1 Å². The molecule has 1 aliphatic rings. The molecule has 1 N–H and O–H groups in total. The molecule has 0 aliphatic carbocycles. The van der Waals surface area contributed by atoms with E-state index in [0.717, 1.165) is 18.6 Å². The zero-order valence-electron chi connectivity index (χ0n) is 15.2. The Kier molecular flexibility index (Phi) is 5.49. The van der Waals surface area contributed by atoms with Gasteiger partial charge in [-0.15, -0.1) is 13.2 Å². The number of rotatable bonds is 6. The number of hydrogen-bond donors (Lipinski definition) is 1. The number of aliphatic hydroxyl groups excluding tert-OH is 1. The monoisotopic (exact) mass is 407 g/mol. The average molecular weight is 407 g/mol. The van der Waals surface area contributed by atoms with Crippen LogP contribution in [0.15, 0.2) is 54.3 Å². The topological polar surface area (TPSA) is 76.1 Å². The molecule has 0 saturated heterocycles. The first-order valence-electron chi connectivity index (χ1n) is 8.62. The molecule has 0 unspecified atom stereocenters. The molecule has 1 aliphatic heterocycles. The Balaban J connectivity index is 1.88. The second-order valence-electron chi connectivity index (χ2n) is 6.09. The average Bonchev–Trinajstić information content (AvgIpc) is 2.88. The highest BCUT2D eigenvalue weighted by Crippen LogP contribution is 2.34. The van der Waals surface area contributed by atoms with Crippen molar-refractivity contribution < 1.29 is 37.3 Å². The molecule has 9 heteroatoms. The van der Waals surface area contributed by atoms with Gasteiger partial charge in [-0.3, -0.25) is 9.59 Å². The molecule has 0 saturated carbocycles. The van der Waals surface area contributed by atoms with E-state index in [0.29, 0.717) is 17.3 Å². The zero-order chi connectivity index (χ0) is 21.2. The number of carbonyl (C=O) groups is 2. The third-order valence-electron chi connectivity index (χ3n) is 3.98. The zero-order valence-corrected chi connectivity index (χ0v) is 15.2. The molecule has 0 radical (unpaired) electrons. The van der Waals surface area contributed by atoms with Crippen LogP contribution in [-0.2, 0) is 9.59 Å². The van der Waals surface area contributed by atoms with Gasteiger partial charge >= 0.3 is 12.3 Å². The highest BCUT2D eigenvalue weighted by Gasteiger charge is 2.40. The Hall–Kier alpha value is -3.49. The van der Waals surface area contributed by atoms with Gasteiger partial charge in [-0.1, -0.05) is 25.1 Å². The fourth-order valence-corrected chi connectivity index (χ4v) is 2.77. The van der Waals surface area contributed by atoms with Gasteiger partial charge < -0.3 is 14.6 Å². The predicted molar refractivity (Wildman–Crippen MR) is 97.4 cm³/mol. The molecule has 2 aromatic carbocycles. The molecule has 2 amide bonds. The first-order chi connectivity index (χ1) is 13.7. The Morgan fingerprint density at radius 2 is 1.69 bits per heavy atom. The number of alkyl halides is 3. The van der Waals surface area contributed by atoms with E-state index < -0.39 is 29.7 Å². The number of nitrogens with zero attached hydrogens (tertiary/aromatic N) is 1.